The van der Waals surface area contributed by atoms with E-state index in [0.717, 1.165) is 18.4 Å². The second kappa shape index (κ2) is 5.85. The fourth-order valence-corrected chi connectivity index (χ4v) is 1.62. The minimum absolute atomic E-state index is 0.124. The molecule has 0 radical (unpaired) electrons. The lowest BCUT2D eigenvalue weighted by molar-refractivity contribution is 0.189. The molecular weight excluding hydrogens is 205 g/mol. The molecule has 16 heavy (non-hydrogen) atoms. The topological polar surface area (TPSA) is 35.2 Å². The SMILES string of the molecule is CCC(CC)Oc1cc(F)ccc1[C@H](C)N. The summed E-state index contributed by atoms with van der Waals surface area (Å²) in [6.07, 6.45) is 1.94. The molecule has 90 valence electrons. The minimum atomic E-state index is -0.287. The zero-order valence-electron chi connectivity index (χ0n) is 10.2. The summed E-state index contributed by atoms with van der Waals surface area (Å²) in [6, 6.07) is 4.37. The number of hydrogen-bond acceptors (Lipinski definition) is 2. The van der Waals surface area contributed by atoms with Crippen molar-refractivity contribution in [3.05, 3.63) is 29.6 Å². The lowest BCUT2D eigenvalue weighted by Gasteiger charge is -2.19. The Hall–Kier alpha value is -1.09. The first-order valence-corrected chi connectivity index (χ1v) is 5.80. The molecule has 0 heterocycles. The van der Waals surface area contributed by atoms with Gasteiger partial charge in [0.2, 0.25) is 0 Å². The van der Waals surface area contributed by atoms with Crippen LogP contribution >= 0.6 is 0 Å². The maximum Gasteiger partial charge on any atom is 0.127 e. The number of benzene rings is 1. The van der Waals surface area contributed by atoms with Crippen molar-refractivity contribution in [3.8, 4) is 5.75 Å². The van der Waals surface area contributed by atoms with E-state index in [9.17, 15) is 4.39 Å². The van der Waals surface area contributed by atoms with Crippen LogP contribution in [0.3, 0.4) is 0 Å². The van der Waals surface area contributed by atoms with Gasteiger partial charge in [-0.05, 0) is 25.8 Å². The first-order chi connectivity index (χ1) is 7.58. The van der Waals surface area contributed by atoms with E-state index < -0.39 is 0 Å². The summed E-state index contributed by atoms with van der Waals surface area (Å²) in [6.45, 7) is 5.98. The van der Waals surface area contributed by atoms with E-state index in [-0.39, 0.29) is 18.0 Å². The Morgan fingerprint density at radius 1 is 1.31 bits per heavy atom. The van der Waals surface area contributed by atoms with Crippen molar-refractivity contribution in [2.24, 2.45) is 5.73 Å². The van der Waals surface area contributed by atoms with E-state index in [1.54, 1.807) is 6.07 Å². The summed E-state index contributed by atoms with van der Waals surface area (Å²) in [4.78, 5) is 0. The van der Waals surface area contributed by atoms with Gasteiger partial charge in [-0.15, -0.1) is 0 Å². The maximum absolute atomic E-state index is 13.1. The van der Waals surface area contributed by atoms with Crippen LogP contribution < -0.4 is 10.5 Å². The Morgan fingerprint density at radius 2 is 1.94 bits per heavy atom. The zero-order chi connectivity index (χ0) is 12.1. The molecule has 0 aliphatic heterocycles. The van der Waals surface area contributed by atoms with Gasteiger partial charge in [-0.3, -0.25) is 0 Å². The third-order valence-corrected chi connectivity index (χ3v) is 2.67. The third-order valence-electron chi connectivity index (χ3n) is 2.67. The number of hydrogen-bond donors (Lipinski definition) is 1. The molecule has 0 aromatic heterocycles. The summed E-state index contributed by atoms with van der Waals surface area (Å²) in [5.41, 5.74) is 6.68. The quantitative estimate of drug-likeness (QED) is 0.833. The molecule has 3 heteroatoms. The average molecular weight is 225 g/mol. The Bertz CT molecular complexity index is 335. The largest absolute Gasteiger partial charge is 0.490 e. The first-order valence-electron chi connectivity index (χ1n) is 5.80. The van der Waals surface area contributed by atoms with Crippen molar-refractivity contribution >= 4 is 0 Å². The van der Waals surface area contributed by atoms with Crippen molar-refractivity contribution < 1.29 is 9.13 Å². The van der Waals surface area contributed by atoms with Gasteiger partial charge in [-0.2, -0.15) is 0 Å². The molecule has 0 unspecified atom stereocenters. The summed E-state index contributed by atoms with van der Waals surface area (Å²) in [7, 11) is 0. The van der Waals surface area contributed by atoms with Gasteiger partial charge in [0.05, 0.1) is 6.10 Å². The third kappa shape index (κ3) is 3.20. The summed E-state index contributed by atoms with van der Waals surface area (Å²) in [5, 5.41) is 0. The van der Waals surface area contributed by atoms with Gasteiger partial charge in [-0.25, -0.2) is 4.39 Å². The Labute approximate surface area is 96.6 Å². The van der Waals surface area contributed by atoms with E-state index in [1.165, 1.54) is 12.1 Å². The van der Waals surface area contributed by atoms with Crippen LogP contribution in [0.1, 0.15) is 45.2 Å². The Balaban J connectivity index is 2.95. The van der Waals surface area contributed by atoms with Crippen LogP contribution in [0, 0.1) is 5.82 Å². The second-order valence-electron chi connectivity index (χ2n) is 4.03. The maximum atomic E-state index is 13.1. The van der Waals surface area contributed by atoms with Crippen LogP contribution in [-0.2, 0) is 0 Å². The van der Waals surface area contributed by atoms with E-state index in [2.05, 4.69) is 13.8 Å². The predicted molar refractivity (Wildman–Crippen MR) is 64.0 cm³/mol. The molecule has 2 nitrogen and oxygen atoms in total. The highest BCUT2D eigenvalue weighted by molar-refractivity contribution is 5.36. The summed E-state index contributed by atoms with van der Waals surface area (Å²) in [5.74, 6) is 0.286. The molecule has 1 aromatic rings. The fourth-order valence-electron chi connectivity index (χ4n) is 1.62. The Kier molecular flexibility index (Phi) is 4.74. The molecule has 0 bridgehead atoms. The summed E-state index contributed by atoms with van der Waals surface area (Å²) >= 11 is 0. The number of ether oxygens (including phenoxy) is 1. The fraction of sp³-hybridized carbons (Fsp3) is 0.538. The van der Waals surface area contributed by atoms with Gasteiger partial charge < -0.3 is 10.5 Å². The van der Waals surface area contributed by atoms with Gasteiger partial charge in [0, 0.05) is 17.7 Å². The van der Waals surface area contributed by atoms with Crippen LogP contribution in [0.25, 0.3) is 0 Å². The number of halogens is 1. The van der Waals surface area contributed by atoms with Crippen molar-refractivity contribution in [3.63, 3.8) is 0 Å². The van der Waals surface area contributed by atoms with Gasteiger partial charge in [0.1, 0.15) is 11.6 Å². The van der Waals surface area contributed by atoms with Crippen molar-refractivity contribution in [2.75, 3.05) is 0 Å². The second-order valence-corrected chi connectivity index (χ2v) is 4.03. The van der Waals surface area contributed by atoms with Gasteiger partial charge in [0.25, 0.3) is 0 Å². The molecule has 1 aromatic carbocycles. The van der Waals surface area contributed by atoms with Crippen LogP contribution in [0.4, 0.5) is 4.39 Å². The standard InChI is InChI=1S/C13H20FNO/c1-4-11(5-2)16-13-8-10(14)6-7-12(13)9(3)15/h6-9,11H,4-5,15H2,1-3H3/t9-/m0/s1. The lowest BCUT2D eigenvalue weighted by atomic mass is 10.1. The van der Waals surface area contributed by atoms with E-state index in [1.807, 2.05) is 6.92 Å². The average Bonchev–Trinajstić information content (AvgIpc) is 2.25. The molecule has 0 aliphatic carbocycles. The van der Waals surface area contributed by atoms with E-state index >= 15 is 0 Å². The lowest BCUT2D eigenvalue weighted by Crippen LogP contribution is -2.16. The van der Waals surface area contributed by atoms with Gasteiger partial charge >= 0.3 is 0 Å². The van der Waals surface area contributed by atoms with Crippen molar-refractivity contribution in [2.45, 2.75) is 45.8 Å². The molecule has 0 spiro atoms. The minimum Gasteiger partial charge on any atom is -0.490 e. The highest BCUT2D eigenvalue weighted by Gasteiger charge is 2.13. The first kappa shape index (κ1) is 13.0. The zero-order valence-corrected chi connectivity index (χ0v) is 10.2. The Morgan fingerprint density at radius 3 is 2.44 bits per heavy atom. The molecule has 1 rings (SSSR count). The molecule has 0 aliphatic rings. The molecule has 0 saturated carbocycles. The normalized spacial score (nSPS) is 12.9. The molecule has 2 N–H and O–H groups in total. The summed E-state index contributed by atoms with van der Waals surface area (Å²) < 4.78 is 18.9. The molecule has 0 fully saturated rings. The molecule has 0 saturated heterocycles. The van der Waals surface area contributed by atoms with Gasteiger partial charge in [-0.1, -0.05) is 19.9 Å². The molecular formula is C13H20FNO. The molecule has 1 atom stereocenters. The smallest absolute Gasteiger partial charge is 0.127 e. The highest BCUT2D eigenvalue weighted by Crippen LogP contribution is 2.26. The van der Waals surface area contributed by atoms with E-state index in [4.69, 9.17) is 10.5 Å². The number of rotatable bonds is 5. The van der Waals surface area contributed by atoms with Crippen LogP contribution in [0.2, 0.25) is 0 Å². The van der Waals surface area contributed by atoms with Gasteiger partial charge in [0.15, 0.2) is 0 Å². The van der Waals surface area contributed by atoms with E-state index in [0.29, 0.717) is 5.75 Å². The van der Waals surface area contributed by atoms with Crippen LogP contribution in [-0.4, -0.2) is 6.10 Å². The van der Waals surface area contributed by atoms with Crippen molar-refractivity contribution in [1.29, 1.82) is 0 Å². The molecule has 0 amide bonds. The van der Waals surface area contributed by atoms with Crippen LogP contribution in [0.15, 0.2) is 18.2 Å². The number of nitrogens with two attached hydrogens (primary N) is 1. The van der Waals surface area contributed by atoms with Crippen LogP contribution in [0.5, 0.6) is 5.75 Å². The van der Waals surface area contributed by atoms with Crippen molar-refractivity contribution in [1.82, 2.24) is 0 Å². The highest BCUT2D eigenvalue weighted by atomic mass is 19.1. The monoisotopic (exact) mass is 225 g/mol. The predicted octanol–water partition coefficient (Wildman–Crippen LogP) is 3.41.